The van der Waals surface area contributed by atoms with Crippen molar-refractivity contribution in [2.45, 2.75) is 0 Å². The van der Waals surface area contributed by atoms with Gasteiger partial charge in [0.2, 0.25) is 5.91 Å². The van der Waals surface area contributed by atoms with Crippen molar-refractivity contribution in [1.82, 2.24) is 4.98 Å². The minimum Gasteiger partial charge on any atom is -0.369 e. The number of amides is 1. The first kappa shape index (κ1) is 9.45. The molecule has 2 heterocycles. The second-order valence-corrected chi connectivity index (χ2v) is 4.25. The van der Waals surface area contributed by atoms with E-state index in [9.17, 15) is 4.79 Å². The van der Waals surface area contributed by atoms with Crippen LogP contribution in [0.2, 0.25) is 0 Å². The summed E-state index contributed by atoms with van der Waals surface area (Å²) < 4.78 is 0.952. The Balaban J connectivity index is 2.00. The minimum atomic E-state index is -0.224. The van der Waals surface area contributed by atoms with Gasteiger partial charge in [-0.05, 0) is 28.1 Å². The van der Waals surface area contributed by atoms with Crippen molar-refractivity contribution in [2.24, 2.45) is 11.7 Å². The largest absolute Gasteiger partial charge is 0.369 e. The lowest BCUT2D eigenvalue weighted by molar-refractivity contribution is -0.122. The molecule has 1 amide bonds. The average molecular weight is 256 g/mol. The fourth-order valence-corrected chi connectivity index (χ4v) is 1.64. The van der Waals surface area contributed by atoms with E-state index in [0.717, 1.165) is 10.3 Å². The number of hydrogen-bond donors (Lipinski definition) is 1. The minimum absolute atomic E-state index is 0.0135. The molecule has 0 unspecified atom stereocenters. The van der Waals surface area contributed by atoms with E-state index in [4.69, 9.17) is 5.73 Å². The van der Waals surface area contributed by atoms with Crippen molar-refractivity contribution in [3.8, 4) is 0 Å². The van der Waals surface area contributed by atoms with Crippen LogP contribution in [-0.4, -0.2) is 24.0 Å². The Labute approximate surface area is 90.2 Å². The number of halogens is 1. The van der Waals surface area contributed by atoms with Gasteiger partial charge in [-0.3, -0.25) is 4.79 Å². The summed E-state index contributed by atoms with van der Waals surface area (Å²) >= 11 is 3.31. The number of nitrogens with zero attached hydrogens (tertiary/aromatic N) is 2. The molecule has 1 aliphatic rings. The molecule has 2 N–H and O–H groups in total. The molecule has 0 atom stereocenters. The number of nitrogens with two attached hydrogens (primary N) is 1. The molecule has 2 rings (SSSR count). The third-order valence-corrected chi connectivity index (χ3v) is 2.79. The number of carbonyl (C=O) groups is 1. The Hall–Kier alpha value is -1.10. The zero-order valence-corrected chi connectivity index (χ0v) is 9.07. The van der Waals surface area contributed by atoms with E-state index in [1.54, 1.807) is 6.20 Å². The standard InChI is InChI=1S/C9H10BrN3O/c10-7-1-2-8(12-3-7)13-4-6(5-13)9(11)14/h1-3,6H,4-5H2,(H2,11,14). The SMILES string of the molecule is NC(=O)C1CN(c2ccc(Br)cn2)C1. The summed E-state index contributed by atoms with van der Waals surface area (Å²) in [5.74, 6) is 0.657. The van der Waals surface area contributed by atoms with Gasteiger partial charge in [0.25, 0.3) is 0 Å². The topological polar surface area (TPSA) is 59.2 Å². The summed E-state index contributed by atoms with van der Waals surface area (Å²) in [7, 11) is 0. The van der Waals surface area contributed by atoms with Crippen LogP contribution in [0.15, 0.2) is 22.8 Å². The first-order valence-electron chi connectivity index (χ1n) is 4.32. The lowest BCUT2D eigenvalue weighted by Gasteiger charge is -2.38. The van der Waals surface area contributed by atoms with E-state index in [-0.39, 0.29) is 11.8 Å². The number of anilines is 1. The fourth-order valence-electron chi connectivity index (χ4n) is 1.40. The molecule has 1 aliphatic heterocycles. The van der Waals surface area contributed by atoms with E-state index in [0.29, 0.717) is 13.1 Å². The summed E-state index contributed by atoms with van der Waals surface area (Å²) in [6, 6.07) is 3.85. The van der Waals surface area contributed by atoms with Crippen LogP contribution in [0.25, 0.3) is 0 Å². The number of rotatable bonds is 2. The predicted octanol–water partition coefficient (Wildman–Crippen LogP) is 0.766. The van der Waals surface area contributed by atoms with Gasteiger partial charge >= 0.3 is 0 Å². The number of carbonyl (C=O) groups excluding carboxylic acids is 1. The summed E-state index contributed by atoms with van der Waals surface area (Å²) in [4.78, 5) is 17.0. The molecular formula is C9H10BrN3O. The Morgan fingerprint density at radius 2 is 2.29 bits per heavy atom. The Morgan fingerprint density at radius 3 is 2.79 bits per heavy atom. The van der Waals surface area contributed by atoms with Gasteiger partial charge in [-0.25, -0.2) is 4.98 Å². The molecule has 1 fully saturated rings. The van der Waals surface area contributed by atoms with E-state index in [1.165, 1.54) is 0 Å². The average Bonchev–Trinajstić information content (AvgIpc) is 2.05. The monoisotopic (exact) mass is 255 g/mol. The highest BCUT2D eigenvalue weighted by Gasteiger charge is 2.31. The maximum atomic E-state index is 10.8. The number of hydrogen-bond acceptors (Lipinski definition) is 3. The van der Waals surface area contributed by atoms with Crippen LogP contribution in [0, 0.1) is 5.92 Å². The van der Waals surface area contributed by atoms with Crippen molar-refractivity contribution in [1.29, 1.82) is 0 Å². The highest BCUT2D eigenvalue weighted by molar-refractivity contribution is 9.10. The highest BCUT2D eigenvalue weighted by atomic mass is 79.9. The molecule has 0 aromatic carbocycles. The first-order valence-corrected chi connectivity index (χ1v) is 5.12. The lowest BCUT2D eigenvalue weighted by atomic mass is 10.00. The van der Waals surface area contributed by atoms with Crippen molar-refractivity contribution in [2.75, 3.05) is 18.0 Å². The molecule has 0 spiro atoms. The van der Waals surface area contributed by atoms with Crippen LogP contribution in [0.4, 0.5) is 5.82 Å². The molecule has 0 bridgehead atoms. The molecule has 5 heteroatoms. The van der Waals surface area contributed by atoms with Crippen LogP contribution in [-0.2, 0) is 4.79 Å². The van der Waals surface area contributed by atoms with Crippen LogP contribution < -0.4 is 10.6 Å². The Morgan fingerprint density at radius 1 is 1.57 bits per heavy atom. The first-order chi connectivity index (χ1) is 6.66. The summed E-state index contributed by atoms with van der Waals surface area (Å²) in [5, 5.41) is 0. The number of pyridine rings is 1. The molecule has 1 aromatic heterocycles. The quantitative estimate of drug-likeness (QED) is 0.850. The van der Waals surface area contributed by atoms with Gasteiger partial charge in [-0.2, -0.15) is 0 Å². The van der Waals surface area contributed by atoms with E-state index < -0.39 is 0 Å². The molecule has 1 aromatic rings. The van der Waals surface area contributed by atoms with Crippen molar-refractivity contribution in [3.63, 3.8) is 0 Å². The number of primary amides is 1. The maximum Gasteiger partial charge on any atom is 0.224 e. The predicted molar refractivity (Wildman–Crippen MR) is 56.8 cm³/mol. The molecule has 4 nitrogen and oxygen atoms in total. The molecular weight excluding hydrogens is 246 g/mol. The second kappa shape index (κ2) is 3.57. The molecule has 0 radical (unpaired) electrons. The van der Waals surface area contributed by atoms with E-state index in [1.807, 2.05) is 17.0 Å². The second-order valence-electron chi connectivity index (χ2n) is 3.34. The van der Waals surface area contributed by atoms with Gasteiger partial charge < -0.3 is 10.6 Å². The van der Waals surface area contributed by atoms with Crippen molar-refractivity contribution < 1.29 is 4.79 Å². The van der Waals surface area contributed by atoms with Crippen molar-refractivity contribution in [3.05, 3.63) is 22.8 Å². The zero-order valence-electron chi connectivity index (χ0n) is 7.48. The van der Waals surface area contributed by atoms with Crippen LogP contribution in [0.5, 0.6) is 0 Å². The molecule has 0 saturated carbocycles. The van der Waals surface area contributed by atoms with Gasteiger partial charge in [0.1, 0.15) is 5.82 Å². The fraction of sp³-hybridized carbons (Fsp3) is 0.333. The Kier molecular flexibility index (Phi) is 2.41. The molecule has 1 saturated heterocycles. The normalized spacial score (nSPS) is 16.5. The van der Waals surface area contributed by atoms with E-state index >= 15 is 0 Å². The van der Waals surface area contributed by atoms with Gasteiger partial charge in [-0.15, -0.1) is 0 Å². The molecule has 14 heavy (non-hydrogen) atoms. The Bertz CT molecular complexity index is 346. The third kappa shape index (κ3) is 1.72. The van der Waals surface area contributed by atoms with Crippen LogP contribution in [0.3, 0.4) is 0 Å². The van der Waals surface area contributed by atoms with Gasteiger partial charge in [-0.1, -0.05) is 0 Å². The van der Waals surface area contributed by atoms with Gasteiger partial charge in [0.15, 0.2) is 0 Å². The van der Waals surface area contributed by atoms with Crippen LogP contribution in [0.1, 0.15) is 0 Å². The smallest absolute Gasteiger partial charge is 0.224 e. The van der Waals surface area contributed by atoms with Crippen LogP contribution >= 0.6 is 15.9 Å². The zero-order chi connectivity index (χ0) is 10.1. The van der Waals surface area contributed by atoms with E-state index in [2.05, 4.69) is 20.9 Å². The van der Waals surface area contributed by atoms with Gasteiger partial charge in [0.05, 0.1) is 5.92 Å². The number of aromatic nitrogens is 1. The van der Waals surface area contributed by atoms with Gasteiger partial charge in [0, 0.05) is 23.8 Å². The third-order valence-electron chi connectivity index (χ3n) is 2.32. The lowest BCUT2D eigenvalue weighted by Crippen LogP contribution is -2.52. The van der Waals surface area contributed by atoms with Crippen molar-refractivity contribution >= 4 is 27.7 Å². The summed E-state index contributed by atoms with van der Waals surface area (Å²) in [5.41, 5.74) is 5.17. The summed E-state index contributed by atoms with van der Waals surface area (Å²) in [6.45, 7) is 1.37. The summed E-state index contributed by atoms with van der Waals surface area (Å²) in [6.07, 6.45) is 1.74. The highest BCUT2D eigenvalue weighted by Crippen LogP contribution is 2.23. The molecule has 74 valence electrons. The molecule has 0 aliphatic carbocycles. The maximum absolute atomic E-state index is 10.8.